The fourth-order valence-electron chi connectivity index (χ4n) is 1.64. The summed E-state index contributed by atoms with van der Waals surface area (Å²) in [4.78, 5) is 11.8. The largest absolute Gasteiger partial charge is 0.369 e. The van der Waals surface area contributed by atoms with Crippen LogP contribution in [-0.4, -0.2) is 17.0 Å². The second kappa shape index (κ2) is 5.85. The maximum Gasteiger partial charge on any atom is 0.189 e. The Morgan fingerprint density at radius 2 is 2.22 bits per heavy atom. The Labute approximate surface area is 111 Å². The molecule has 94 valence electrons. The van der Waals surface area contributed by atoms with E-state index in [2.05, 4.69) is 0 Å². The van der Waals surface area contributed by atoms with E-state index in [0.717, 1.165) is 5.56 Å². The Kier molecular flexibility index (Phi) is 4.18. The number of hydrogen-bond acceptors (Lipinski definition) is 2. The van der Waals surface area contributed by atoms with E-state index in [1.54, 1.807) is 18.3 Å². The highest BCUT2D eigenvalue weighted by Crippen LogP contribution is 2.11. The predicted molar refractivity (Wildman–Crippen MR) is 70.9 cm³/mol. The van der Waals surface area contributed by atoms with Gasteiger partial charge in [0.05, 0.1) is 6.61 Å². The second-order valence-electron chi connectivity index (χ2n) is 4.11. The number of carbonyl (C=O) groups is 1. The molecule has 1 aromatic carbocycles. The molecule has 2 rings (SSSR count). The summed E-state index contributed by atoms with van der Waals surface area (Å²) in [7, 11) is 1.88. The summed E-state index contributed by atoms with van der Waals surface area (Å²) in [5.74, 6) is -0.0161. The Morgan fingerprint density at radius 3 is 2.89 bits per heavy atom. The lowest BCUT2D eigenvalue weighted by atomic mass is 10.2. The Hall–Kier alpha value is -1.58. The van der Waals surface area contributed by atoms with Crippen LogP contribution in [0.3, 0.4) is 0 Å². The molecule has 1 aromatic heterocycles. The summed E-state index contributed by atoms with van der Waals surface area (Å²) in [6.07, 6.45) is 3.62. The summed E-state index contributed by atoms with van der Waals surface area (Å²) < 4.78 is 7.22. The number of aryl methyl sites for hydroxylation is 1. The second-order valence-corrected chi connectivity index (χ2v) is 4.55. The Balaban J connectivity index is 1.84. The first-order valence-corrected chi connectivity index (χ1v) is 6.00. The molecule has 4 heteroatoms. The topological polar surface area (TPSA) is 31.2 Å². The number of ether oxygens (including phenoxy) is 1. The van der Waals surface area contributed by atoms with Gasteiger partial charge in [0.25, 0.3) is 0 Å². The third-order valence-corrected chi connectivity index (χ3v) is 2.78. The van der Waals surface area contributed by atoms with Crippen molar-refractivity contribution in [2.45, 2.75) is 6.61 Å². The smallest absolute Gasteiger partial charge is 0.189 e. The van der Waals surface area contributed by atoms with Crippen molar-refractivity contribution in [3.8, 4) is 0 Å². The molecule has 0 fully saturated rings. The number of ketones is 1. The molecule has 0 spiro atoms. The molecule has 2 aromatic rings. The minimum absolute atomic E-state index is 0.0161. The highest BCUT2D eigenvalue weighted by atomic mass is 35.5. The van der Waals surface area contributed by atoms with Gasteiger partial charge in [0.15, 0.2) is 5.78 Å². The van der Waals surface area contributed by atoms with E-state index in [0.29, 0.717) is 17.2 Å². The van der Waals surface area contributed by atoms with Crippen molar-refractivity contribution in [3.63, 3.8) is 0 Å². The molecule has 0 bridgehead atoms. The van der Waals surface area contributed by atoms with Crippen LogP contribution in [0.25, 0.3) is 0 Å². The van der Waals surface area contributed by atoms with Gasteiger partial charge in [0, 0.05) is 30.0 Å². The maximum atomic E-state index is 11.8. The highest BCUT2D eigenvalue weighted by molar-refractivity contribution is 6.30. The van der Waals surface area contributed by atoms with Crippen molar-refractivity contribution in [2.24, 2.45) is 7.05 Å². The molecule has 0 saturated carbocycles. The fraction of sp³-hybridized carbons (Fsp3) is 0.214. The van der Waals surface area contributed by atoms with Crippen LogP contribution in [0.4, 0.5) is 0 Å². The van der Waals surface area contributed by atoms with Gasteiger partial charge in [0.2, 0.25) is 0 Å². The van der Waals surface area contributed by atoms with Crippen LogP contribution in [0.1, 0.15) is 15.9 Å². The van der Waals surface area contributed by atoms with Crippen molar-refractivity contribution >= 4 is 17.4 Å². The average Bonchev–Trinajstić information content (AvgIpc) is 2.76. The molecule has 3 nitrogen and oxygen atoms in total. The van der Waals surface area contributed by atoms with Gasteiger partial charge in [-0.15, -0.1) is 0 Å². The zero-order chi connectivity index (χ0) is 13.0. The van der Waals surface area contributed by atoms with E-state index < -0.39 is 0 Å². The molecule has 1 heterocycles. The first kappa shape index (κ1) is 12.9. The van der Waals surface area contributed by atoms with E-state index in [4.69, 9.17) is 16.3 Å². The quantitative estimate of drug-likeness (QED) is 0.777. The summed E-state index contributed by atoms with van der Waals surface area (Å²) >= 11 is 5.86. The zero-order valence-electron chi connectivity index (χ0n) is 10.1. The highest BCUT2D eigenvalue weighted by Gasteiger charge is 2.07. The van der Waals surface area contributed by atoms with Gasteiger partial charge in [-0.25, -0.2) is 0 Å². The number of aromatic nitrogens is 1. The van der Waals surface area contributed by atoms with Gasteiger partial charge in [-0.05, 0) is 23.8 Å². The lowest BCUT2D eigenvalue weighted by molar-refractivity contribution is 0.0726. The van der Waals surface area contributed by atoms with Crippen LogP contribution < -0.4 is 0 Å². The number of nitrogens with zero attached hydrogens (tertiary/aromatic N) is 1. The van der Waals surface area contributed by atoms with Crippen LogP contribution in [-0.2, 0) is 18.4 Å². The van der Waals surface area contributed by atoms with Crippen LogP contribution in [0.2, 0.25) is 5.02 Å². The number of Topliss-reactive ketones (excluding diaryl/α,β-unsaturated/α-hetero) is 1. The van der Waals surface area contributed by atoms with Crippen molar-refractivity contribution in [2.75, 3.05) is 6.61 Å². The van der Waals surface area contributed by atoms with Crippen molar-refractivity contribution in [1.82, 2.24) is 4.57 Å². The normalized spacial score (nSPS) is 10.6. The summed E-state index contributed by atoms with van der Waals surface area (Å²) in [6.45, 7) is 0.468. The zero-order valence-corrected chi connectivity index (χ0v) is 10.9. The SMILES string of the molecule is Cn1ccc(C(=O)COCc2cccc(Cl)c2)c1. The van der Waals surface area contributed by atoms with Gasteiger partial charge in [-0.1, -0.05) is 23.7 Å². The number of carbonyl (C=O) groups excluding carboxylic acids is 1. The number of halogens is 1. The third-order valence-electron chi connectivity index (χ3n) is 2.54. The third kappa shape index (κ3) is 3.45. The van der Waals surface area contributed by atoms with Crippen molar-refractivity contribution < 1.29 is 9.53 Å². The van der Waals surface area contributed by atoms with Crippen molar-refractivity contribution in [3.05, 3.63) is 58.9 Å². The molecule has 0 aliphatic rings. The standard InChI is InChI=1S/C14H14ClNO2/c1-16-6-5-12(8-16)14(17)10-18-9-11-3-2-4-13(15)7-11/h2-8H,9-10H2,1H3. The van der Waals surface area contributed by atoms with E-state index in [-0.39, 0.29) is 12.4 Å². The van der Waals surface area contributed by atoms with Gasteiger partial charge >= 0.3 is 0 Å². The van der Waals surface area contributed by atoms with E-state index >= 15 is 0 Å². The summed E-state index contributed by atoms with van der Waals surface area (Å²) in [6, 6.07) is 9.19. The maximum absolute atomic E-state index is 11.8. The number of rotatable bonds is 5. The summed E-state index contributed by atoms with van der Waals surface area (Å²) in [5, 5.41) is 0.672. The molecule has 0 saturated heterocycles. The van der Waals surface area contributed by atoms with E-state index in [1.165, 1.54) is 0 Å². The number of hydrogen-bond donors (Lipinski definition) is 0. The Morgan fingerprint density at radius 1 is 1.39 bits per heavy atom. The molecule has 18 heavy (non-hydrogen) atoms. The minimum Gasteiger partial charge on any atom is -0.369 e. The molecule has 0 amide bonds. The lowest BCUT2D eigenvalue weighted by Crippen LogP contribution is -2.08. The average molecular weight is 264 g/mol. The minimum atomic E-state index is -0.0161. The van der Waals surface area contributed by atoms with Gasteiger partial charge in [-0.2, -0.15) is 0 Å². The molecule has 0 N–H and O–H groups in total. The van der Waals surface area contributed by atoms with Gasteiger partial charge in [0.1, 0.15) is 6.61 Å². The number of benzene rings is 1. The van der Waals surface area contributed by atoms with Crippen LogP contribution in [0, 0.1) is 0 Å². The summed E-state index contributed by atoms with van der Waals surface area (Å²) in [5.41, 5.74) is 1.63. The molecule has 0 atom stereocenters. The molecular formula is C14H14ClNO2. The van der Waals surface area contributed by atoms with Crippen LogP contribution in [0.15, 0.2) is 42.7 Å². The first-order valence-electron chi connectivity index (χ1n) is 5.62. The lowest BCUT2D eigenvalue weighted by Gasteiger charge is -2.03. The molecule has 0 unspecified atom stereocenters. The predicted octanol–water partition coefficient (Wildman–Crippen LogP) is 3.08. The Bertz CT molecular complexity index is 548. The van der Waals surface area contributed by atoms with Crippen LogP contribution >= 0.6 is 11.6 Å². The molecule has 0 aliphatic carbocycles. The van der Waals surface area contributed by atoms with Gasteiger partial charge < -0.3 is 9.30 Å². The van der Waals surface area contributed by atoms with E-state index in [9.17, 15) is 4.79 Å². The van der Waals surface area contributed by atoms with Gasteiger partial charge in [-0.3, -0.25) is 4.79 Å². The van der Waals surface area contributed by atoms with Crippen LogP contribution in [0.5, 0.6) is 0 Å². The van der Waals surface area contributed by atoms with Crippen molar-refractivity contribution in [1.29, 1.82) is 0 Å². The molecule has 0 aliphatic heterocycles. The monoisotopic (exact) mass is 263 g/mol. The first-order chi connectivity index (χ1) is 8.65. The molecular weight excluding hydrogens is 250 g/mol. The van der Waals surface area contributed by atoms with E-state index in [1.807, 2.05) is 36.0 Å². The molecule has 0 radical (unpaired) electrons. The fourth-order valence-corrected chi connectivity index (χ4v) is 1.85.